The summed E-state index contributed by atoms with van der Waals surface area (Å²) in [6.45, 7) is 0. The molecule has 8 heteroatoms. The maximum absolute atomic E-state index is 11.5. The zero-order valence-electron chi connectivity index (χ0n) is 12.5. The van der Waals surface area contributed by atoms with Gasteiger partial charge in [-0.15, -0.1) is 0 Å². The summed E-state index contributed by atoms with van der Waals surface area (Å²) in [5, 5.41) is 10.7. The average Bonchev–Trinajstić information content (AvgIpc) is 2.55. The number of methoxy groups -OCH3 is 2. The van der Waals surface area contributed by atoms with Crippen LogP contribution in [-0.2, 0) is 9.53 Å². The highest BCUT2D eigenvalue weighted by Gasteiger charge is 2.29. The number of ether oxygens (including phenoxy) is 3. The fraction of sp³-hybridized carbons (Fsp3) is 0.571. The van der Waals surface area contributed by atoms with Gasteiger partial charge in [-0.25, -0.2) is 4.98 Å². The summed E-state index contributed by atoms with van der Waals surface area (Å²) in [6.07, 6.45) is 3.81. The monoisotopic (exact) mass is 310 g/mol. The third kappa shape index (κ3) is 3.63. The van der Waals surface area contributed by atoms with Gasteiger partial charge in [0.25, 0.3) is 11.6 Å². The molecule has 1 aliphatic rings. The first kappa shape index (κ1) is 16.0. The summed E-state index contributed by atoms with van der Waals surface area (Å²) in [6, 6.07) is 1.28. The van der Waals surface area contributed by atoms with Gasteiger partial charge in [0.2, 0.25) is 0 Å². The van der Waals surface area contributed by atoms with Crippen molar-refractivity contribution in [2.45, 2.75) is 31.8 Å². The Morgan fingerprint density at radius 2 is 2.00 bits per heavy atom. The molecule has 8 nitrogen and oxygen atoms in total. The van der Waals surface area contributed by atoms with Gasteiger partial charge in [-0.1, -0.05) is 0 Å². The van der Waals surface area contributed by atoms with Crippen LogP contribution in [0.1, 0.15) is 25.7 Å². The Labute approximate surface area is 127 Å². The first-order valence-corrected chi connectivity index (χ1v) is 6.98. The van der Waals surface area contributed by atoms with E-state index in [1.165, 1.54) is 20.3 Å². The SMILES string of the molecule is COc1cc([N+](=O)[O-])cnc1O[C@H]1CC[C@H](C(=O)OC)CC1. The van der Waals surface area contributed by atoms with Crippen LogP contribution in [-0.4, -0.2) is 36.2 Å². The summed E-state index contributed by atoms with van der Waals surface area (Å²) in [5.74, 6) is 0.181. The Bertz CT molecular complexity index is 554. The Morgan fingerprint density at radius 3 is 2.55 bits per heavy atom. The maximum atomic E-state index is 11.5. The summed E-state index contributed by atoms with van der Waals surface area (Å²) >= 11 is 0. The van der Waals surface area contributed by atoms with Gasteiger partial charge in [0.1, 0.15) is 12.3 Å². The summed E-state index contributed by atoms with van der Waals surface area (Å²) < 4.78 is 15.6. The van der Waals surface area contributed by atoms with Gasteiger partial charge in [0, 0.05) is 0 Å². The molecule has 1 aromatic rings. The van der Waals surface area contributed by atoms with Crippen molar-refractivity contribution in [2.24, 2.45) is 5.92 Å². The van der Waals surface area contributed by atoms with Crippen LogP contribution in [0.4, 0.5) is 5.69 Å². The third-order valence-electron chi connectivity index (χ3n) is 3.72. The molecule has 0 atom stereocenters. The third-order valence-corrected chi connectivity index (χ3v) is 3.72. The number of carbonyl (C=O) groups is 1. The van der Waals surface area contributed by atoms with E-state index < -0.39 is 4.92 Å². The molecule has 0 N–H and O–H groups in total. The molecule has 0 aromatic carbocycles. The molecule has 0 saturated heterocycles. The van der Waals surface area contributed by atoms with E-state index >= 15 is 0 Å². The molecule has 1 aromatic heterocycles. The molecule has 0 unspecified atom stereocenters. The van der Waals surface area contributed by atoms with Crippen LogP contribution in [0.15, 0.2) is 12.3 Å². The van der Waals surface area contributed by atoms with Crippen molar-refractivity contribution in [1.82, 2.24) is 4.98 Å². The van der Waals surface area contributed by atoms with Gasteiger partial charge in [0.05, 0.1) is 31.1 Å². The first-order valence-electron chi connectivity index (χ1n) is 6.98. The van der Waals surface area contributed by atoms with E-state index in [0.717, 1.165) is 6.20 Å². The fourth-order valence-electron chi connectivity index (χ4n) is 2.50. The zero-order valence-corrected chi connectivity index (χ0v) is 12.5. The molecule has 1 saturated carbocycles. The van der Waals surface area contributed by atoms with Crippen molar-refractivity contribution in [3.05, 3.63) is 22.4 Å². The smallest absolute Gasteiger partial charge is 0.308 e. The fourth-order valence-corrected chi connectivity index (χ4v) is 2.50. The van der Waals surface area contributed by atoms with Crippen LogP contribution in [0.3, 0.4) is 0 Å². The lowest BCUT2D eigenvalue weighted by molar-refractivity contribution is -0.385. The highest BCUT2D eigenvalue weighted by atomic mass is 16.6. The van der Waals surface area contributed by atoms with Crippen molar-refractivity contribution in [3.63, 3.8) is 0 Å². The molecule has 1 heterocycles. The van der Waals surface area contributed by atoms with Gasteiger partial charge in [-0.05, 0) is 25.7 Å². The van der Waals surface area contributed by atoms with Crippen molar-refractivity contribution >= 4 is 11.7 Å². The molecule has 0 radical (unpaired) electrons. The molecule has 22 heavy (non-hydrogen) atoms. The lowest BCUT2D eigenvalue weighted by atomic mass is 9.87. The summed E-state index contributed by atoms with van der Waals surface area (Å²) in [5.41, 5.74) is -0.154. The minimum absolute atomic E-state index is 0.0865. The molecule has 0 aliphatic heterocycles. The van der Waals surface area contributed by atoms with Crippen LogP contribution in [0.25, 0.3) is 0 Å². The van der Waals surface area contributed by atoms with Crippen LogP contribution in [0, 0.1) is 16.0 Å². The molecular weight excluding hydrogens is 292 g/mol. The van der Waals surface area contributed by atoms with Crippen molar-refractivity contribution in [1.29, 1.82) is 0 Å². The number of rotatable bonds is 5. The highest BCUT2D eigenvalue weighted by molar-refractivity contribution is 5.72. The molecule has 1 aliphatic carbocycles. The standard InChI is InChI=1S/C14H18N2O6/c1-20-12-7-10(16(18)19)8-15-13(12)22-11-5-3-9(4-6-11)14(17)21-2/h7-9,11H,3-6H2,1-2H3/t9-,11-. The Hall–Kier alpha value is -2.38. The first-order chi connectivity index (χ1) is 10.5. The predicted octanol–water partition coefficient (Wildman–Crippen LogP) is 2.11. The van der Waals surface area contributed by atoms with E-state index in [9.17, 15) is 14.9 Å². The number of hydrogen-bond acceptors (Lipinski definition) is 7. The van der Waals surface area contributed by atoms with E-state index in [1.54, 1.807) is 0 Å². The van der Waals surface area contributed by atoms with Gasteiger partial charge < -0.3 is 14.2 Å². The van der Waals surface area contributed by atoms with Crippen molar-refractivity contribution in [2.75, 3.05) is 14.2 Å². The Balaban J connectivity index is 2.00. The minimum atomic E-state index is -0.541. The highest BCUT2D eigenvalue weighted by Crippen LogP contribution is 2.33. The summed E-state index contributed by atoms with van der Waals surface area (Å²) in [7, 11) is 2.79. The number of hydrogen-bond donors (Lipinski definition) is 0. The topological polar surface area (TPSA) is 101 Å². The molecule has 120 valence electrons. The second-order valence-corrected chi connectivity index (χ2v) is 5.07. The van der Waals surface area contributed by atoms with E-state index in [0.29, 0.717) is 25.7 Å². The van der Waals surface area contributed by atoms with Gasteiger partial charge in [-0.2, -0.15) is 0 Å². The Morgan fingerprint density at radius 1 is 1.32 bits per heavy atom. The van der Waals surface area contributed by atoms with Gasteiger partial charge in [-0.3, -0.25) is 14.9 Å². The lowest BCUT2D eigenvalue weighted by Gasteiger charge is -2.27. The van der Waals surface area contributed by atoms with Crippen molar-refractivity contribution in [3.8, 4) is 11.6 Å². The maximum Gasteiger partial charge on any atom is 0.308 e. The molecule has 1 fully saturated rings. The van der Waals surface area contributed by atoms with Crippen LogP contribution >= 0.6 is 0 Å². The molecule has 0 amide bonds. The zero-order chi connectivity index (χ0) is 16.1. The molecular formula is C14H18N2O6. The quantitative estimate of drug-likeness (QED) is 0.466. The number of pyridine rings is 1. The van der Waals surface area contributed by atoms with Gasteiger partial charge >= 0.3 is 5.97 Å². The number of esters is 1. The normalized spacial score (nSPS) is 21.0. The average molecular weight is 310 g/mol. The minimum Gasteiger partial charge on any atom is -0.491 e. The molecule has 0 spiro atoms. The van der Waals surface area contributed by atoms with E-state index in [-0.39, 0.29) is 35.3 Å². The van der Waals surface area contributed by atoms with Crippen LogP contribution < -0.4 is 9.47 Å². The number of aromatic nitrogens is 1. The largest absolute Gasteiger partial charge is 0.491 e. The lowest BCUT2D eigenvalue weighted by Crippen LogP contribution is -2.28. The number of nitrogens with zero attached hydrogens (tertiary/aromatic N) is 2. The second-order valence-electron chi connectivity index (χ2n) is 5.07. The number of nitro groups is 1. The Kier molecular flexibility index (Phi) is 5.13. The molecule has 0 bridgehead atoms. The van der Waals surface area contributed by atoms with Crippen LogP contribution in [0.2, 0.25) is 0 Å². The van der Waals surface area contributed by atoms with Gasteiger partial charge in [0.15, 0.2) is 5.75 Å². The van der Waals surface area contributed by atoms with Crippen molar-refractivity contribution < 1.29 is 23.9 Å². The number of carbonyl (C=O) groups excluding carboxylic acids is 1. The van der Waals surface area contributed by atoms with E-state index in [1.807, 2.05) is 0 Å². The second kappa shape index (κ2) is 7.06. The van der Waals surface area contributed by atoms with E-state index in [4.69, 9.17) is 14.2 Å². The van der Waals surface area contributed by atoms with Crippen LogP contribution in [0.5, 0.6) is 11.6 Å². The molecule has 2 rings (SSSR count). The summed E-state index contributed by atoms with van der Waals surface area (Å²) in [4.78, 5) is 25.6. The predicted molar refractivity (Wildman–Crippen MR) is 75.8 cm³/mol. The van der Waals surface area contributed by atoms with E-state index in [2.05, 4.69) is 4.98 Å².